The third kappa shape index (κ3) is 3.16. The van der Waals surface area contributed by atoms with Gasteiger partial charge in [0.2, 0.25) is 0 Å². The number of carbonyl (C=O) groups excluding carboxylic acids is 1. The first-order valence-corrected chi connectivity index (χ1v) is 6.42. The second-order valence-electron chi connectivity index (χ2n) is 3.46. The number of aryl methyl sites for hydroxylation is 1. The second kappa shape index (κ2) is 4.57. The highest BCUT2D eigenvalue weighted by Gasteiger charge is 2.16. The summed E-state index contributed by atoms with van der Waals surface area (Å²) in [6.07, 6.45) is 0.868. The summed E-state index contributed by atoms with van der Waals surface area (Å²) in [6.45, 7) is 3.27. The first-order valence-electron chi connectivity index (χ1n) is 4.77. The van der Waals surface area contributed by atoms with E-state index in [1.165, 1.54) is 6.92 Å². The molecule has 82 valence electrons. The summed E-state index contributed by atoms with van der Waals surface area (Å²) < 4.78 is 23.2. The van der Waals surface area contributed by atoms with E-state index in [0.717, 1.165) is 12.0 Å². The van der Waals surface area contributed by atoms with Crippen molar-refractivity contribution in [2.75, 3.05) is 5.75 Å². The summed E-state index contributed by atoms with van der Waals surface area (Å²) in [6, 6.07) is 6.65. The van der Waals surface area contributed by atoms with E-state index in [2.05, 4.69) is 0 Å². The molecule has 0 aliphatic heterocycles. The molecule has 0 N–H and O–H groups in total. The Kier molecular flexibility index (Phi) is 3.63. The van der Waals surface area contributed by atoms with Crippen molar-refractivity contribution in [3.63, 3.8) is 0 Å². The lowest BCUT2D eigenvalue weighted by atomic mass is 10.2. The van der Waals surface area contributed by atoms with E-state index in [1.54, 1.807) is 24.3 Å². The number of hydrogen-bond donors (Lipinski definition) is 0. The average Bonchev–Trinajstić information content (AvgIpc) is 2.16. The molecule has 0 heterocycles. The monoisotopic (exact) mass is 226 g/mol. The van der Waals surface area contributed by atoms with E-state index < -0.39 is 15.6 Å². The quantitative estimate of drug-likeness (QED) is 0.783. The maximum Gasteiger partial charge on any atom is 0.185 e. The van der Waals surface area contributed by atoms with Crippen molar-refractivity contribution in [1.29, 1.82) is 0 Å². The molecule has 1 aromatic rings. The molecule has 0 fully saturated rings. The Morgan fingerprint density at radius 1 is 1.20 bits per heavy atom. The van der Waals surface area contributed by atoms with Crippen molar-refractivity contribution in [3.8, 4) is 0 Å². The summed E-state index contributed by atoms with van der Waals surface area (Å²) in [5, 5.41) is 0. The molecule has 0 aromatic heterocycles. The highest BCUT2D eigenvalue weighted by Crippen LogP contribution is 2.12. The molecule has 0 aliphatic carbocycles. The Hall–Kier alpha value is -1.16. The van der Waals surface area contributed by atoms with Crippen LogP contribution in [-0.2, 0) is 21.1 Å². The van der Waals surface area contributed by atoms with Crippen molar-refractivity contribution >= 4 is 15.6 Å². The molecule has 0 radical (unpaired) electrons. The highest BCUT2D eigenvalue weighted by molar-refractivity contribution is 7.92. The lowest BCUT2D eigenvalue weighted by Crippen LogP contribution is -2.13. The topological polar surface area (TPSA) is 51.2 Å². The Morgan fingerprint density at radius 3 is 2.13 bits per heavy atom. The molecular weight excluding hydrogens is 212 g/mol. The molecular formula is C11H14O3S. The maximum absolute atomic E-state index is 11.6. The molecule has 3 nitrogen and oxygen atoms in total. The van der Waals surface area contributed by atoms with Gasteiger partial charge in [0.15, 0.2) is 9.84 Å². The third-order valence-electron chi connectivity index (χ3n) is 2.08. The van der Waals surface area contributed by atoms with Gasteiger partial charge in [0.25, 0.3) is 0 Å². The van der Waals surface area contributed by atoms with Crippen LogP contribution < -0.4 is 0 Å². The zero-order valence-corrected chi connectivity index (χ0v) is 9.67. The summed E-state index contributed by atoms with van der Waals surface area (Å²) >= 11 is 0. The van der Waals surface area contributed by atoms with Crippen LogP contribution in [0.4, 0.5) is 0 Å². The molecule has 0 aliphatic rings. The van der Waals surface area contributed by atoms with Crippen LogP contribution >= 0.6 is 0 Å². The standard InChI is InChI=1S/C11H14O3S/c1-3-10-4-6-11(7-5-10)15(13,14)8-9(2)12/h4-7H,3,8H2,1-2H3. The summed E-state index contributed by atoms with van der Waals surface area (Å²) in [7, 11) is -3.43. The van der Waals surface area contributed by atoms with Gasteiger partial charge < -0.3 is 0 Å². The molecule has 0 unspecified atom stereocenters. The first kappa shape index (κ1) is 11.9. The molecule has 0 spiro atoms. The first-order chi connectivity index (χ1) is 6.95. The molecule has 1 rings (SSSR count). The van der Waals surface area contributed by atoms with E-state index in [1.807, 2.05) is 6.92 Å². The summed E-state index contributed by atoms with van der Waals surface area (Å²) in [4.78, 5) is 11.0. The van der Waals surface area contributed by atoms with Crippen molar-refractivity contribution in [2.24, 2.45) is 0 Å². The summed E-state index contributed by atoms with van der Waals surface area (Å²) in [5.74, 6) is -0.757. The average molecular weight is 226 g/mol. The molecule has 15 heavy (non-hydrogen) atoms. The smallest absolute Gasteiger partial charge is 0.185 e. The molecule has 0 atom stereocenters. The minimum atomic E-state index is -3.43. The normalized spacial score (nSPS) is 11.3. The van der Waals surface area contributed by atoms with Crippen LogP contribution in [0.2, 0.25) is 0 Å². The Bertz CT molecular complexity index is 443. The fourth-order valence-corrected chi connectivity index (χ4v) is 2.54. The van der Waals surface area contributed by atoms with Gasteiger partial charge in [0.05, 0.1) is 4.90 Å². The van der Waals surface area contributed by atoms with Crippen LogP contribution in [-0.4, -0.2) is 20.0 Å². The van der Waals surface area contributed by atoms with Gasteiger partial charge in [-0.25, -0.2) is 8.42 Å². The number of benzene rings is 1. The molecule has 0 amide bonds. The SMILES string of the molecule is CCc1ccc(S(=O)(=O)CC(C)=O)cc1. The van der Waals surface area contributed by atoms with Crippen LogP contribution in [0.25, 0.3) is 0 Å². The van der Waals surface area contributed by atoms with Crippen LogP contribution in [0.1, 0.15) is 19.4 Å². The highest BCUT2D eigenvalue weighted by atomic mass is 32.2. The Labute approximate surface area is 90.0 Å². The lowest BCUT2D eigenvalue weighted by molar-refractivity contribution is -0.114. The van der Waals surface area contributed by atoms with Gasteiger partial charge in [-0.1, -0.05) is 19.1 Å². The fraction of sp³-hybridized carbons (Fsp3) is 0.364. The number of hydrogen-bond acceptors (Lipinski definition) is 3. The third-order valence-corrected chi connectivity index (χ3v) is 3.86. The zero-order valence-electron chi connectivity index (χ0n) is 8.86. The van der Waals surface area contributed by atoms with Crippen molar-refractivity contribution < 1.29 is 13.2 Å². The molecule has 0 saturated heterocycles. The number of ketones is 1. The van der Waals surface area contributed by atoms with E-state index in [9.17, 15) is 13.2 Å². The minimum absolute atomic E-state index is 0.218. The van der Waals surface area contributed by atoms with E-state index in [-0.39, 0.29) is 10.7 Å². The van der Waals surface area contributed by atoms with Crippen molar-refractivity contribution in [1.82, 2.24) is 0 Å². The molecule has 4 heteroatoms. The van der Waals surface area contributed by atoms with Crippen LogP contribution in [0.3, 0.4) is 0 Å². The van der Waals surface area contributed by atoms with Gasteiger partial charge >= 0.3 is 0 Å². The fourth-order valence-electron chi connectivity index (χ4n) is 1.28. The number of Topliss-reactive ketones (excluding diaryl/α,β-unsaturated/α-hetero) is 1. The zero-order chi connectivity index (χ0) is 11.5. The largest absolute Gasteiger partial charge is 0.299 e. The van der Waals surface area contributed by atoms with Crippen LogP contribution in [0.5, 0.6) is 0 Å². The van der Waals surface area contributed by atoms with E-state index >= 15 is 0 Å². The van der Waals surface area contributed by atoms with E-state index in [0.29, 0.717) is 0 Å². The van der Waals surface area contributed by atoms with Crippen LogP contribution in [0.15, 0.2) is 29.2 Å². The number of sulfone groups is 1. The predicted octanol–water partition coefficient (Wildman–Crippen LogP) is 1.61. The van der Waals surface area contributed by atoms with Crippen LogP contribution in [0, 0.1) is 0 Å². The Morgan fingerprint density at radius 2 is 1.73 bits per heavy atom. The van der Waals surface area contributed by atoms with Gasteiger partial charge in [0.1, 0.15) is 11.5 Å². The van der Waals surface area contributed by atoms with Gasteiger partial charge in [-0.2, -0.15) is 0 Å². The van der Waals surface area contributed by atoms with E-state index in [4.69, 9.17) is 0 Å². The van der Waals surface area contributed by atoms with Gasteiger partial charge in [-0.15, -0.1) is 0 Å². The number of carbonyl (C=O) groups is 1. The summed E-state index contributed by atoms with van der Waals surface area (Å²) in [5.41, 5.74) is 1.08. The Balaban J connectivity index is 3.01. The van der Waals surface area contributed by atoms with Gasteiger partial charge in [-0.05, 0) is 31.0 Å². The number of rotatable bonds is 4. The van der Waals surface area contributed by atoms with Crippen molar-refractivity contribution in [2.45, 2.75) is 25.2 Å². The van der Waals surface area contributed by atoms with Crippen molar-refractivity contribution in [3.05, 3.63) is 29.8 Å². The lowest BCUT2D eigenvalue weighted by Gasteiger charge is -2.02. The minimum Gasteiger partial charge on any atom is -0.299 e. The molecule has 0 saturated carbocycles. The maximum atomic E-state index is 11.6. The predicted molar refractivity (Wildman–Crippen MR) is 58.6 cm³/mol. The molecule has 0 bridgehead atoms. The van der Waals surface area contributed by atoms with Gasteiger partial charge in [-0.3, -0.25) is 4.79 Å². The molecule has 1 aromatic carbocycles. The second-order valence-corrected chi connectivity index (χ2v) is 5.45. The van der Waals surface area contributed by atoms with Gasteiger partial charge in [0, 0.05) is 0 Å².